The molecule has 2 heterocycles. The van der Waals surface area contributed by atoms with E-state index in [0.29, 0.717) is 28.7 Å². The normalized spacial score (nSPS) is 18.1. The Morgan fingerprint density at radius 1 is 1.37 bits per heavy atom. The molecular formula is C21H32F2N4O2S. The summed E-state index contributed by atoms with van der Waals surface area (Å²) >= 11 is 4.40. The number of aromatic nitrogens is 1. The minimum Gasteiger partial charge on any atom is -0.359 e. The Labute approximate surface area is 182 Å². The van der Waals surface area contributed by atoms with E-state index >= 15 is 0 Å². The number of piperazine rings is 1. The Hall–Kier alpha value is -1.71. The molecule has 1 aliphatic heterocycles. The van der Waals surface area contributed by atoms with E-state index in [0.717, 1.165) is 58.8 Å². The smallest absolute Gasteiger partial charge is 0.304 e. The number of hydrogen-bond acceptors (Lipinski definition) is 6. The van der Waals surface area contributed by atoms with Crippen LogP contribution in [0.3, 0.4) is 0 Å². The van der Waals surface area contributed by atoms with E-state index in [1.807, 2.05) is 6.08 Å². The second-order valence-electron chi connectivity index (χ2n) is 7.80. The lowest BCUT2D eigenvalue weighted by atomic mass is 10.0. The highest BCUT2D eigenvalue weighted by atomic mass is 32.1. The molecule has 30 heavy (non-hydrogen) atoms. The van der Waals surface area contributed by atoms with Crippen molar-refractivity contribution in [3.05, 3.63) is 35.2 Å². The molecule has 0 aromatic carbocycles. The lowest BCUT2D eigenvalue weighted by Gasteiger charge is -2.37. The van der Waals surface area contributed by atoms with Gasteiger partial charge in [-0.05, 0) is 39.3 Å². The molecule has 1 atom stereocenters. The molecule has 0 bridgehead atoms. The average Bonchev–Trinajstić information content (AvgIpc) is 3.09. The zero-order chi connectivity index (χ0) is 22.1. The predicted octanol–water partition coefficient (Wildman–Crippen LogP) is 3.45. The van der Waals surface area contributed by atoms with Gasteiger partial charge in [0.1, 0.15) is 5.69 Å². The molecule has 1 aliphatic rings. The van der Waals surface area contributed by atoms with Crippen molar-refractivity contribution in [2.75, 3.05) is 39.8 Å². The maximum atomic E-state index is 13.5. The highest BCUT2D eigenvalue weighted by molar-refractivity contribution is 7.90. The number of carbonyl (C=O) groups excluding carboxylic acids is 1. The molecule has 0 radical (unpaired) electrons. The van der Waals surface area contributed by atoms with Crippen molar-refractivity contribution < 1.29 is 18.1 Å². The van der Waals surface area contributed by atoms with Gasteiger partial charge in [0.2, 0.25) is 12.2 Å². The first-order valence-electron chi connectivity index (χ1n) is 10.2. The largest absolute Gasteiger partial charge is 0.359 e. The van der Waals surface area contributed by atoms with Crippen LogP contribution >= 0.6 is 12.6 Å². The quantitative estimate of drug-likeness (QED) is 0.238. The van der Waals surface area contributed by atoms with Crippen molar-refractivity contribution in [3.8, 4) is 0 Å². The number of amides is 1. The van der Waals surface area contributed by atoms with Crippen LogP contribution in [0.15, 0.2) is 22.8 Å². The number of nitrogens with one attached hydrogen (secondary N) is 1. The lowest BCUT2D eigenvalue weighted by molar-refractivity contribution is -0.109. The third-order valence-corrected chi connectivity index (χ3v) is 5.72. The Kier molecular flexibility index (Phi) is 9.51. The minimum atomic E-state index is -3.08. The molecule has 1 N–H and O–H groups in total. The number of thiol groups is 1. The number of allylic oxidation sites excluding steroid dienone is 2. The van der Waals surface area contributed by atoms with Crippen LogP contribution in [0.2, 0.25) is 0 Å². The van der Waals surface area contributed by atoms with Crippen LogP contribution in [0, 0.1) is 6.92 Å². The number of nitrogens with zero attached hydrogens (tertiary/aromatic N) is 3. The molecule has 0 aliphatic carbocycles. The molecule has 1 saturated heterocycles. The number of likely N-dealkylation sites (N-methyl/N-ethyl adjacent to an activating group) is 1. The highest BCUT2D eigenvalue weighted by Gasteiger charge is 2.33. The zero-order valence-electron chi connectivity index (χ0n) is 17.9. The second-order valence-corrected chi connectivity index (χ2v) is 8.28. The van der Waals surface area contributed by atoms with Crippen molar-refractivity contribution in [3.63, 3.8) is 0 Å². The van der Waals surface area contributed by atoms with E-state index in [1.54, 1.807) is 13.0 Å². The van der Waals surface area contributed by atoms with Gasteiger partial charge in [0.05, 0.1) is 0 Å². The molecule has 2 rings (SSSR count). The third kappa shape index (κ3) is 7.21. The Morgan fingerprint density at radius 2 is 2.07 bits per heavy atom. The highest BCUT2D eigenvalue weighted by Crippen LogP contribution is 2.34. The second kappa shape index (κ2) is 11.6. The van der Waals surface area contributed by atoms with E-state index in [2.05, 4.69) is 46.0 Å². The average molecular weight is 443 g/mol. The minimum absolute atomic E-state index is 0.301. The fourth-order valence-corrected chi connectivity index (χ4v) is 3.89. The molecule has 0 saturated carbocycles. The summed E-state index contributed by atoms with van der Waals surface area (Å²) in [5, 5.41) is 6.47. The summed E-state index contributed by atoms with van der Waals surface area (Å²) < 4.78 is 31.9. The summed E-state index contributed by atoms with van der Waals surface area (Å²) in [7, 11) is 2.13. The molecule has 6 nitrogen and oxygen atoms in total. The van der Waals surface area contributed by atoms with Crippen LogP contribution in [-0.2, 0) is 10.7 Å². The zero-order valence-corrected chi connectivity index (χ0v) is 18.8. The van der Waals surface area contributed by atoms with Gasteiger partial charge in [0, 0.05) is 56.2 Å². The van der Waals surface area contributed by atoms with Crippen LogP contribution < -0.4 is 5.32 Å². The first-order valence-corrected chi connectivity index (χ1v) is 10.7. The van der Waals surface area contributed by atoms with Gasteiger partial charge < -0.3 is 14.7 Å². The Morgan fingerprint density at radius 3 is 2.67 bits per heavy atom. The van der Waals surface area contributed by atoms with Gasteiger partial charge in [-0.2, -0.15) is 8.78 Å². The summed E-state index contributed by atoms with van der Waals surface area (Å²) in [6, 6.07) is 0.388. The molecular weight excluding hydrogens is 410 g/mol. The van der Waals surface area contributed by atoms with Gasteiger partial charge in [0.15, 0.2) is 0 Å². The molecule has 0 spiro atoms. The van der Waals surface area contributed by atoms with Crippen LogP contribution in [-0.4, -0.2) is 67.2 Å². The molecule has 9 heteroatoms. The van der Waals surface area contributed by atoms with Gasteiger partial charge in [-0.3, -0.25) is 9.69 Å². The third-order valence-electron chi connectivity index (χ3n) is 5.36. The van der Waals surface area contributed by atoms with Crippen molar-refractivity contribution in [2.24, 2.45) is 0 Å². The summed E-state index contributed by atoms with van der Waals surface area (Å²) in [6.45, 7) is 7.16. The van der Waals surface area contributed by atoms with Gasteiger partial charge in [-0.1, -0.05) is 17.3 Å². The van der Waals surface area contributed by atoms with E-state index < -0.39 is 11.7 Å². The summed E-state index contributed by atoms with van der Waals surface area (Å²) in [6.07, 6.45) is 9.20. The van der Waals surface area contributed by atoms with E-state index in [-0.39, 0.29) is 0 Å². The Bertz CT molecular complexity index is 738. The van der Waals surface area contributed by atoms with E-state index in [1.165, 1.54) is 0 Å². The number of rotatable bonds is 11. The topological polar surface area (TPSA) is 61.6 Å². The molecule has 168 valence electrons. The van der Waals surface area contributed by atoms with Crippen LogP contribution in [0.25, 0.3) is 4.91 Å². The van der Waals surface area contributed by atoms with Crippen molar-refractivity contribution >= 4 is 23.9 Å². The number of halogens is 2. The molecule has 1 aromatic heterocycles. The van der Waals surface area contributed by atoms with Crippen LogP contribution in [0.1, 0.15) is 43.2 Å². The van der Waals surface area contributed by atoms with Gasteiger partial charge in [-0.25, -0.2) is 0 Å². The van der Waals surface area contributed by atoms with Crippen molar-refractivity contribution in [1.82, 2.24) is 20.3 Å². The number of carbonyl (C=O) groups is 1. The van der Waals surface area contributed by atoms with Crippen LogP contribution in [0.5, 0.6) is 0 Å². The standard InChI is InChI=1S/C21H32F2N4O2S/c1-16-19(25-29-20(16)21(2,22)23)18(30)9-5-4-7-17(8-6-10-24-15-28)27-13-11-26(3)12-14-27/h4-5,9,15,17,30H,6-8,10-14H2,1-3H3,(H,24,28)/b5-4+,18-9-. The van der Waals surface area contributed by atoms with Crippen molar-refractivity contribution in [2.45, 2.75) is 45.1 Å². The first kappa shape index (κ1) is 24.6. The Balaban J connectivity index is 1.99. The maximum Gasteiger partial charge on any atom is 0.304 e. The van der Waals surface area contributed by atoms with Gasteiger partial charge in [-0.15, -0.1) is 12.6 Å². The monoisotopic (exact) mass is 442 g/mol. The van der Waals surface area contributed by atoms with Gasteiger partial charge in [0.25, 0.3) is 0 Å². The summed E-state index contributed by atoms with van der Waals surface area (Å²) in [5.74, 6) is -3.51. The molecule has 1 amide bonds. The molecule has 1 unspecified atom stereocenters. The van der Waals surface area contributed by atoms with E-state index in [4.69, 9.17) is 4.52 Å². The molecule has 1 fully saturated rings. The maximum absolute atomic E-state index is 13.5. The molecule has 1 aromatic rings. The first-order chi connectivity index (χ1) is 14.2. The lowest BCUT2D eigenvalue weighted by Crippen LogP contribution is -2.49. The van der Waals surface area contributed by atoms with Crippen molar-refractivity contribution in [1.29, 1.82) is 0 Å². The summed E-state index contributed by atoms with van der Waals surface area (Å²) in [5.41, 5.74) is 0.630. The SMILES string of the molecule is Cc1c(/C(S)=C/C=C/CC(CCCNC=O)N2CCN(C)CC2)noc1C(C)(F)F. The fraction of sp³-hybridized carbons (Fsp3) is 0.619. The number of hydrogen-bond donors (Lipinski definition) is 2. The summed E-state index contributed by atoms with van der Waals surface area (Å²) in [4.78, 5) is 15.7. The predicted molar refractivity (Wildman–Crippen MR) is 118 cm³/mol. The number of alkyl halides is 2. The van der Waals surface area contributed by atoms with E-state index in [9.17, 15) is 13.6 Å². The van der Waals surface area contributed by atoms with Crippen LogP contribution in [0.4, 0.5) is 8.78 Å². The fourth-order valence-electron chi connectivity index (χ4n) is 3.59. The van der Waals surface area contributed by atoms with Gasteiger partial charge >= 0.3 is 5.92 Å².